The lowest BCUT2D eigenvalue weighted by Gasteiger charge is -2.35. The lowest BCUT2D eigenvalue weighted by molar-refractivity contribution is 0.207. The molecule has 1 unspecified atom stereocenters. The van der Waals surface area contributed by atoms with Gasteiger partial charge in [0.15, 0.2) is 0 Å². The van der Waals surface area contributed by atoms with Crippen molar-refractivity contribution in [1.82, 2.24) is 4.90 Å². The third kappa shape index (κ3) is 4.87. The molecule has 1 atom stereocenters. The fraction of sp³-hybridized carbons (Fsp3) is 0.292. The first-order valence-corrected chi connectivity index (χ1v) is 10.0. The molecule has 5 nitrogen and oxygen atoms in total. The highest BCUT2D eigenvalue weighted by Gasteiger charge is 2.19. The lowest BCUT2D eigenvalue weighted by atomic mass is 10.1. The lowest BCUT2D eigenvalue weighted by Crippen LogP contribution is -2.46. The zero-order valence-corrected chi connectivity index (χ0v) is 16.7. The van der Waals surface area contributed by atoms with E-state index in [0.29, 0.717) is 12.3 Å². The number of hydrogen-bond acceptors (Lipinski definition) is 5. The number of nitrogens with zero attached hydrogens (tertiary/aromatic N) is 2. The molecule has 0 spiro atoms. The van der Waals surface area contributed by atoms with Gasteiger partial charge in [-0.15, -0.1) is 0 Å². The molecule has 1 aromatic heterocycles. The Morgan fingerprint density at radius 1 is 0.966 bits per heavy atom. The Bertz CT molecular complexity index is 964. The third-order valence-electron chi connectivity index (χ3n) is 5.30. The largest absolute Gasteiger partial charge is 0.479 e. The van der Waals surface area contributed by atoms with Gasteiger partial charge in [-0.05, 0) is 24.6 Å². The van der Waals surface area contributed by atoms with Gasteiger partial charge < -0.3 is 14.1 Å². The molecule has 2 heterocycles. The minimum atomic E-state index is -0.212. The van der Waals surface area contributed by atoms with Crippen molar-refractivity contribution in [1.29, 1.82) is 0 Å². The quantitative estimate of drug-likeness (QED) is 0.634. The molecule has 0 N–H and O–H groups in total. The Morgan fingerprint density at radius 2 is 1.62 bits per heavy atom. The van der Waals surface area contributed by atoms with Crippen LogP contribution in [0.25, 0.3) is 0 Å². The fourth-order valence-electron chi connectivity index (χ4n) is 3.61. The number of benzene rings is 2. The molecular weight excluding hydrogens is 364 g/mol. The van der Waals surface area contributed by atoms with Gasteiger partial charge in [-0.25, -0.2) is 0 Å². The number of ether oxygens (including phenoxy) is 1. The maximum Gasteiger partial charge on any atom is 0.227 e. The first-order valence-electron chi connectivity index (χ1n) is 10.0. The molecule has 0 saturated carbocycles. The average molecular weight is 390 g/mol. The van der Waals surface area contributed by atoms with Crippen LogP contribution in [0.15, 0.2) is 82.2 Å². The summed E-state index contributed by atoms with van der Waals surface area (Å²) < 4.78 is 11.5. The van der Waals surface area contributed by atoms with E-state index in [9.17, 15) is 4.79 Å². The molecule has 5 heteroatoms. The summed E-state index contributed by atoms with van der Waals surface area (Å²) in [7, 11) is 0. The third-order valence-corrected chi connectivity index (χ3v) is 5.30. The van der Waals surface area contributed by atoms with Crippen molar-refractivity contribution in [2.45, 2.75) is 19.6 Å². The second-order valence-electron chi connectivity index (χ2n) is 7.34. The molecule has 0 radical (unpaired) electrons. The second kappa shape index (κ2) is 8.97. The van der Waals surface area contributed by atoms with Gasteiger partial charge in [0, 0.05) is 37.9 Å². The van der Waals surface area contributed by atoms with E-state index in [1.807, 2.05) is 43.3 Å². The first-order chi connectivity index (χ1) is 14.2. The summed E-state index contributed by atoms with van der Waals surface area (Å²) in [4.78, 5) is 17.2. The predicted octanol–water partition coefficient (Wildman–Crippen LogP) is 4.10. The Kier molecular flexibility index (Phi) is 5.96. The maximum absolute atomic E-state index is 12.5. The molecule has 0 aliphatic carbocycles. The van der Waals surface area contributed by atoms with E-state index in [-0.39, 0.29) is 17.3 Å². The summed E-state index contributed by atoms with van der Waals surface area (Å²) in [6.07, 6.45) is 1.23. The van der Waals surface area contributed by atoms with Crippen molar-refractivity contribution in [3.63, 3.8) is 0 Å². The maximum atomic E-state index is 12.5. The van der Waals surface area contributed by atoms with Gasteiger partial charge >= 0.3 is 0 Å². The Labute approximate surface area is 171 Å². The van der Waals surface area contributed by atoms with Crippen LogP contribution in [0.1, 0.15) is 24.4 Å². The second-order valence-corrected chi connectivity index (χ2v) is 7.34. The molecule has 1 aliphatic rings. The van der Waals surface area contributed by atoms with Gasteiger partial charge in [0.1, 0.15) is 18.1 Å². The molecule has 3 aromatic rings. The van der Waals surface area contributed by atoms with Crippen molar-refractivity contribution in [2.75, 3.05) is 31.1 Å². The zero-order valence-electron chi connectivity index (χ0n) is 16.7. The fourth-order valence-corrected chi connectivity index (χ4v) is 3.61. The van der Waals surface area contributed by atoms with Crippen molar-refractivity contribution >= 4 is 5.69 Å². The van der Waals surface area contributed by atoms with Crippen LogP contribution >= 0.6 is 0 Å². The molecule has 4 rings (SSSR count). The van der Waals surface area contributed by atoms with E-state index < -0.39 is 0 Å². The summed E-state index contributed by atoms with van der Waals surface area (Å²) in [6, 6.07) is 21.8. The topological polar surface area (TPSA) is 45.9 Å². The Morgan fingerprint density at radius 3 is 2.28 bits per heavy atom. The van der Waals surface area contributed by atoms with Gasteiger partial charge in [-0.1, -0.05) is 48.5 Å². The van der Waals surface area contributed by atoms with Crippen LogP contribution in [-0.2, 0) is 6.54 Å². The molecule has 0 bridgehead atoms. The van der Waals surface area contributed by atoms with Crippen LogP contribution in [-0.4, -0.2) is 31.1 Å². The molecule has 0 amide bonds. The highest BCUT2D eigenvalue weighted by atomic mass is 16.5. The Hall–Kier alpha value is -3.05. The SMILES string of the molecule is CC(Oc1coc(CN2CCN(c3ccccc3)CC2)cc1=O)c1ccccc1. The van der Waals surface area contributed by atoms with Crippen LogP contribution in [0, 0.1) is 0 Å². The van der Waals surface area contributed by atoms with Crippen LogP contribution in [0.4, 0.5) is 5.69 Å². The van der Waals surface area contributed by atoms with Crippen molar-refractivity contribution in [2.24, 2.45) is 0 Å². The smallest absolute Gasteiger partial charge is 0.227 e. The van der Waals surface area contributed by atoms with Gasteiger partial charge in [-0.3, -0.25) is 9.69 Å². The highest BCUT2D eigenvalue weighted by molar-refractivity contribution is 5.46. The molecule has 1 saturated heterocycles. The zero-order chi connectivity index (χ0) is 20.1. The molecule has 150 valence electrons. The summed E-state index contributed by atoms with van der Waals surface area (Å²) in [5.41, 5.74) is 2.14. The van der Waals surface area contributed by atoms with Crippen LogP contribution in [0.3, 0.4) is 0 Å². The van der Waals surface area contributed by atoms with Gasteiger partial charge in [0.05, 0.1) is 6.54 Å². The van der Waals surface area contributed by atoms with E-state index in [1.54, 1.807) is 6.07 Å². The van der Waals surface area contributed by atoms with Gasteiger partial charge in [0.2, 0.25) is 11.2 Å². The van der Waals surface area contributed by atoms with E-state index in [2.05, 4.69) is 34.1 Å². The van der Waals surface area contributed by atoms with Crippen molar-refractivity contribution < 1.29 is 9.15 Å². The summed E-state index contributed by atoms with van der Waals surface area (Å²) in [5, 5.41) is 0. The molecule has 1 fully saturated rings. The monoisotopic (exact) mass is 390 g/mol. The molecule has 29 heavy (non-hydrogen) atoms. The molecular formula is C24H26N2O3. The van der Waals surface area contributed by atoms with E-state index in [0.717, 1.165) is 31.7 Å². The summed E-state index contributed by atoms with van der Waals surface area (Å²) in [6.45, 7) is 6.35. The standard InChI is InChI=1S/C24H26N2O3/c1-19(20-8-4-2-5-9-20)29-24-18-28-22(16-23(24)27)17-25-12-14-26(15-13-25)21-10-6-3-7-11-21/h2-11,16,18-19H,12-15,17H2,1H3. The number of anilines is 1. The van der Waals surface area contributed by atoms with E-state index in [1.165, 1.54) is 12.0 Å². The number of hydrogen-bond donors (Lipinski definition) is 0. The number of piperazine rings is 1. The average Bonchev–Trinajstić information content (AvgIpc) is 2.77. The number of rotatable bonds is 6. The number of para-hydroxylation sites is 1. The summed E-state index contributed by atoms with van der Waals surface area (Å²) in [5.74, 6) is 0.918. The summed E-state index contributed by atoms with van der Waals surface area (Å²) >= 11 is 0. The molecule has 2 aromatic carbocycles. The molecule has 1 aliphatic heterocycles. The Balaban J connectivity index is 1.33. The van der Waals surface area contributed by atoms with Gasteiger partial charge in [-0.2, -0.15) is 0 Å². The highest BCUT2D eigenvalue weighted by Crippen LogP contribution is 2.20. The first kappa shape index (κ1) is 19.3. The van der Waals surface area contributed by atoms with Crippen LogP contribution in [0.5, 0.6) is 5.75 Å². The van der Waals surface area contributed by atoms with Gasteiger partial charge in [0.25, 0.3) is 0 Å². The minimum absolute atomic E-state index is 0.142. The van der Waals surface area contributed by atoms with E-state index >= 15 is 0 Å². The van der Waals surface area contributed by atoms with E-state index in [4.69, 9.17) is 9.15 Å². The van der Waals surface area contributed by atoms with Crippen LogP contribution in [0.2, 0.25) is 0 Å². The van der Waals surface area contributed by atoms with Crippen molar-refractivity contribution in [3.05, 3.63) is 94.5 Å². The van der Waals surface area contributed by atoms with Crippen LogP contribution < -0.4 is 15.1 Å². The predicted molar refractivity (Wildman–Crippen MR) is 114 cm³/mol. The van der Waals surface area contributed by atoms with Crippen molar-refractivity contribution in [3.8, 4) is 5.75 Å². The normalized spacial score (nSPS) is 15.8. The minimum Gasteiger partial charge on any atom is -0.479 e.